The van der Waals surface area contributed by atoms with E-state index in [4.69, 9.17) is 4.74 Å². The van der Waals surface area contributed by atoms with E-state index in [0.29, 0.717) is 12.5 Å². The molecule has 29 heavy (non-hydrogen) atoms. The van der Waals surface area contributed by atoms with Crippen molar-refractivity contribution in [1.29, 1.82) is 0 Å². The van der Waals surface area contributed by atoms with Gasteiger partial charge in [0.15, 0.2) is 0 Å². The average Bonchev–Trinajstić information content (AvgIpc) is 3.09. The molecule has 2 aromatic heterocycles. The van der Waals surface area contributed by atoms with Crippen LogP contribution in [0.5, 0.6) is 5.75 Å². The van der Waals surface area contributed by atoms with Gasteiger partial charge >= 0.3 is 0 Å². The van der Waals surface area contributed by atoms with Gasteiger partial charge < -0.3 is 15.0 Å². The maximum Gasteiger partial charge on any atom is 0.264 e. The van der Waals surface area contributed by atoms with Gasteiger partial charge in [0.05, 0.1) is 17.4 Å². The number of anilines is 1. The number of benzene rings is 1. The summed E-state index contributed by atoms with van der Waals surface area (Å²) >= 11 is 1.46. The first-order valence-corrected chi connectivity index (χ1v) is 10.8. The Labute approximate surface area is 174 Å². The summed E-state index contributed by atoms with van der Waals surface area (Å²) in [6, 6.07) is 7.91. The van der Waals surface area contributed by atoms with Crippen molar-refractivity contribution in [2.75, 3.05) is 25.5 Å². The number of aromatic nitrogens is 2. The van der Waals surface area contributed by atoms with Gasteiger partial charge in [-0.25, -0.2) is 9.97 Å². The molecule has 1 aliphatic rings. The van der Waals surface area contributed by atoms with E-state index in [0.717, 1.165) is 57.3 Å². The highest BCUT2D eigenvalue weighted by Gasteiger charge is 2.26. The lowest BCUT2D eigenvalue weighted by Gasteiger charge is -2.30. The average molecular weight is 411 g/mol. The van der Waals surface area contributed by atoms with E-state index >= 15 is 0 Å². The molecule has 1 aromatic carbocycles. The molecule has 3 heterocycles. The van der Waals surface area contributed by atoms with E-state index in [9.17, 15) is 4.79 Å². The summed E-state index contributed by atoms with van der Waals surface area (Å²) in [5.41, 5.74) is 2.00. The van der Waals surface area contributed by atoms with Crippen LogP contribution >= 0.6 is 11.3 Å². The molecule has 1 saturated heterocycles. The molecular weight excluding hydrogens is 384 g/mol. The first-order valence-electron chi connectivity index (χ1n) is 9.97. The number of hydrogen-bond donors (Lipinski definition) is 1. The van der Waals surface area contributed by atoms with E-state index in [1.807, 2.05) is 36.1 Å². The van der Waals surface area contributed by atoms with Crippen LogP contribution in [0, 0.1) is 12.8 Å². The standard InChI is InChI=1S/C22H26N4O2S/c1-14-7-6-10-26(12-14)22(27)19-15(2)18-20(24-13-25-21(18)29-19)23-11-16-8-4-5-9-17(16)28-3/h4-5,8-9,13-14H,6-7,10-12H2,1-3H3,(H,23,24,25)/t14-/m0/s1. The molecule has 4 rings (SSSR count). The van der Waals surface area contributed by atoms with E-state index in [2.05, 4.69) is 22.2 Å². The number of ether oxygens (including phenoxy) is 1. The number of methoxy groups -OCH3 is 1. The summed E-state index contributed by atoms with van der Waals surface area (Å²) in [7, 11) is 1.67. The summed E-state index contributed by atoms with van der Waals surface area (Å²) in [5, 5.41) is 4.34. The SMILES string of the molecule is COc1ccccc1CNc1ncnc2sc(C(=O)N3CCC[C@H](C)C3)c(C)c12. The number of aryl methyl sites for hydroxylation is 1. The number of nitrogens with one attached hydrogen (secondary N) is 1. The highest BCUT2D eigenvalue weighted by molar-refractivity contribution is 7.20. The summed E-state index contributed by atoms with van der Waals surface area (Å²) < 4.78 is 5.44. The van der Waals surface area contributed by atoms with Gasteiger partial charge in [-0.15, -0.1) is 11.3 Å². The maximum atomic E-state index is 13.2. The molecule has 0 bridgehead atoms. The minimum Gasteiger partial charge on any atom is -0.496 e. The van der Waals surface area contributed by atoms with Gasteiger partial charge in [0.25, 0.3) is 5.91 Å². The van der Waals surface area contributed by atoms with E-state index < -0.39 is 0 Å². The minimum absolute atomic E-state index is 0.118. The normalized spacial score (nSPS) is 16.8. The number of fused-ring (bicyclic) bond motifs is 1. The molecular formula is C22H26N4O2S. The molecule has 0 saturated carbocycles. The summed E-state index contributed by atoms with van der Waals surface area (Å²) in [5.74, 6) is 2.26. The number of likely N-dealkylation sites (tertiary alicyclic amines) is 1. The molecule has 1 atom stereocenters. The van der Waals surface area contributed by atoms with Gasteiger partial charge in [-0.05, 0) is 37.3 Å². The molecule has 0 aliphatic carbocycles. The number of carbonyl (C=O) groups is 1. The molecule has 0 unspecified atom stereocenters. The second-order valence-electron chi connectivity index (χ2n) is 7.62. The zero-order chi connectivity index (χ0) is 20.4. The van der Waals surface area contributed by atoms with Crippen LogP contribution < -0.4 is 10.1 Å². The first kappa shape index (κ1) is 19.6. The van der Waals surface area contributed by atoms with Crippen molar-refractivity contribution >= 4 is 33.3 Å². The summed E-state index contributed by atoms with van der Waals surface area (Å²) in [4.78, 5) is 25.6. The predicted molar refractivity (Wildman–Crippen MR) is 117 cm³/mol. The van der Waals surface area contributed by atoms with Crippen molar-refractivity contribution < 1.29 is 9.53 Å². The van der Waals surface area contributed by atoms with Crippen molar-refractivity contribution in [3.05, 3.63) is 46.6 Å². The van der Waals surface area contributed by atoms with Crippen LogP contribution in [0.3, 0.4) is 0 Å². The third-order valence-corrected chi connectivity index (χ3v) is 6.69. The van der Waals surface area contributed by atoms with Crippen LogP contribution in [0.4, 0.5) is 5.82 Å². The smallest absolute Gasteiger partial charge is 0.264 e. The molecule has 1 fully saturated rings. The third kappa shape index (κ3) is 3.92. The molecule has 3 aromatic rings. The number of hydrogen-bond acceptors (Lipinski definition) is 6. The number of carbonyl (C=O) groups excluding carboxylic acids is 1. The Kier molecular flexibility index (Phi) is 5.67. The first-order chi connectivity index (χ1) is 14.1. The molecule has 6 nitrogen and oxygen atoms in total. The van der Waals surface area contributed by atoms with Gasteiger partial charge in [-0.1, -0.05) is 25.1 Å². The Morgan fingerprint density at radius 2 is 2.17 bits per heavy atom. The number of thiophene rings is 1. The fourth-order valence-electron chi connectivity index (χ4n) is 3.96. The molecule has 152 valence electrons. The fraction of sp³-hybridized carbons (Fsp3) is 0.409. The summed E-state index contributed by atoms with van der Waals surface area (Å²) in [6.07, 6.45) is 3.82. The monoisotopic (exact) mass is 410 g/mol. The van der Waals surface area contributed by atoms with Crippen molar-refractivity contribution in [3.8, 4) is 5.75 Å². The molecule has 7 heteroatoms. The molecule has 1 amide bonds. The lowest BCUT2D eigenvalue weighted by atomic mass is 10.00. The topological polar surface area (TPSA) is 67.3 Å². The number of rotatable bonds is 5. The quantitative estimate of drug-likeness (QED) is 0.671. The second kappa shape index (κ2) is 8.37. The molecule has 1 aliphatic heterocycles. The van der Waals surface area contributed by atoms with Crippen molar-refractivity contribution in [2.24, 2.45) is 5.92 Å². The third-order valence-electron chi connectivity index (χ3n) is 5.50. The zero-order valence-corrected chi connectivity index (χ0v) is 17.9. The number of amides is 1. The second-order valence-corrected chi connectivity index (χ2v) is 8.62. The predicted octanol–water partition coefficient (Wildman–Crippen LogP) is 4.49. The highest BCUT2D eigenvalue weighted by atomic mass is 32.1. The number of nitrogens with zero attached hydrogens (tertiary/aromatic N) is 3. The van der Waals surface area contributed by atoms with Gasteiger partial charge in [0.2, 0.25) is 0 Å². The van der Waals surface area contributed by atoms with E-state index in [-0.39, 0.29) is 5.91 Å². The largest absolute Gasteiger partial charge is 0.496 e. The Balaban J connectivity index is 1.62. The van der Waals surface area contributed by atoms with Crippen LogP contribution in [0.1, 0.15) is 40.6 Å². The minimum atomic E-state index is 0.118. The highest BCUT2D eigenvalue weighted by Crippen LogP contribution is 2.35. The van der Waals surface area contributed by atoms with Gasteiger partial charge in [-0.3, -0.25) is 4.79 Å². The Bertz CT molecular complexity index is 1030. The van der Waals surface area contributed by atoms with Crippen LogP contribution in [0.25, 0.3) is 10.2 Å². The van der Waals surface area contributed by atoms with E-state index in [1.54, 1.807) is 13.4 Å². The number of piperidine rings is 1. The summed E-state index contributed by atoms with van der Waals surface area (Å²) in [6.45, 7) is 6.45. The maximum absolute atomic E-state index is 13.2. The van der Waals surface area contributed by atoms with Crippen LogP contribution in [0.15, 0.2) is 30.6 Å². The van der Waals surface area contributed by atoms with E-state index in [1.165, 1.54) is 17.8 Å². The number of para-hydroxylation sites is 1. The molecule has 1 N–H and O–H groups in total. The van der Waals surface area contributed by atoms with Crippen molar-refractivity contribution in [2.45, 2.75) is 33.2 Å². The van der Waals surface area contributed by atoms with Gasteiger partial charge in [0.1, 0.15) is 22.7 Å². The van der Waals surface area contributed by atoms with Crippen molar-refractivity contribution in [3.63, 3.8) is 0 Å². The lowest BCUT2D eigenvalue weighted by molar-refractivity contribution is 0.0687. The van der Waals surface area contributed by atoms with Crippen LogP contribution in [-0.4, -0.2) is 41.0 Å². The van der Waals surface area contributed by atoms with Gasteiger partial charge in [0, 0.05) is 25.2 Å². The van der Waals surface area contributed by atoms with Gasteiger partial charge in [-0.2, -0.15) is 0 Å². The van der Waals surface area contributed by atoms with Crippen LogP contribution in [-0.2, 0) is 6.54 Å². The Morgan fingerprint density at radius 1 is 1.34 bits per heavy atom. The fourth-order valence-corrected chi connectivity index (χ4v) is 5.07. The van der Waals surface area contributed by atoms with Crippen LogP contribution in [0.2, 0.25) is 0 Å². The molecule has 0 radical (unpaired) electrons. The Morgan fingerprint density at radius 3 is 2.97 bits per heavy atom. The lowest BCUT2D eigenvalue weighted by Crippen LogP contribution is -2.38. The zero-order valence-electron chi connectivity index (χ0n) is 17.1. The van der Waals surface area contributed by atoms with Crippen molar-refractivity contribution in [1.82, 2.24) is 14.9 Å². The Hall–Kier alpha value is -2.67. The molecule has 0 spiro atoms.